The van der Waals surface area contributed by atoms with Gasteiger partial charge in [-0.1, -0.05) is 0 Å². The molecule has 0 aromatic carbocycles. The van der Waals surface area contributed by atoms with Gasteiger partial charge in [-0.25, -0.2) is 4.79 Å². The number of carbonyl (C=O) groups is 1. The monoisotopic (exact) mass is 188 g/mol. The number of aliphatic hydroxyl groups is 1. The molecule has 0 aromatic rings. The second-order valence-corrected chi connectivity index (χ2v) is 3.20. The van der Waals surface area contributed by atoms with Crippen molar-refractivity contribution < 1.29 is 19.5 Å². The molecule has 6 nitrogen and oxygen atoms in total. The van der Waals surface area contributed by atoms with Gasteiger partial charge in [-0.15, -0.1) is 0 Å². The molecule has 0 saturated carbocycles. The summed E-state index contributed by atoms with van der Waals surface area (Å²) in [4.78, 5) is 15.8. The van der Waals surface area contributed by atoms with Crippen LogP contribution in [0.1, 0.15) is 0 Å². The number of β-amino-alcohol motifs (C(OH)–C–C–N with tert-alkyl or cyclic N) is 1. The minimum Gasteiger partial charge on any atom is -0.443 e. The quantitative estimate of drug-likeness (QED) is 0.563. The van der Waals surface area contributed by atoms with Gasteiger partial charge < -0.3 is 15.2 Å². The first kappa shape index (κ1) is 8.74. The van der Waals surface area contributed by atoms with Crippen LogP contribution in [0.3, 0.4) is 0 Å². The fourth-order valence-electron chi connectivity index (χ4n) is 1.42. The van der Waals surface area contributed by atoms with Gasteiger partial charge in [0.1, 0.15) is 6.10 Å². The highest BCUT2D eigenvalue weighted by molar-refractivity contribution is 5.69. The largest absolute Gasteiger partial charge is 0.443 e. The van der Waals surface area contributed by atoms with Crippen LogP contribution < -0.4 is 5.32 Å². The zero-order valence-corrected chi connectivity index (χ0v) is 7.10. The molecule has 74 valence electrons. The van der Waals surface area contributed by atoms with E-state index in [0.717, 1.165) is 0 Å². The highest BCUT2D eigenvalue weighted by Crippen LogP contribution is 2.09. The van der Waals surface area contributed by atoms with E-state index >= 15 is 0 Å². The zero-order chi connectivity index (χ0) is 9.26. The van der Waals surface area contributed by atoms with Crippen LogP contribution in [0.4, 0.5) is 4.79 Å². The molecule has 2 rings (SSSR count). The predicted molar refractivity (Wildman–Crippen MR) is 41.8 cm³/mol. The summed E-state index contributed by atoms with van der Waals surface area (Å²) in [6, 6.07) is 0. The van der Waals surface area contributed by atoms with Crippen molar-refractivity contribution in [2.45, 2.75) is 12.2 Å². The smallest absolute Gasteiger partial charge is 0.407 e. The van der Waals surface area contributed by atoms with Crippen molar-refractivity contribution in [3.63, 3.8) is 0 Å². The minimum atomic E-state index is -0.426. The molecular weight excluding hydrogens is 176 g/mol. The maximum Gasteiger partial charge on any atom is 0.407 e. The maximum absolute atomic E-state index is 10.6. The van der Waals surface area contributed by atoms with E-state index in [0.29, 0.717) is 26.2 Å². The molecule has 2 N–H and O–H groups in total. The zero-order valence-electron chi connectivity index (χ0n) is 7.10. The molecule has 2 atom stereocenters. The van der Waals surface area contributed by atoms with Gasteiger partial charge in [0.05, 0.1) is 32.3 Å². The molecule has 2 aliphatic heterocycles. The Labute approximate surface area is 75.4 Å². The topological polar surface area (TPSA) is 71.0 Å². The molecule has 0 aliphatic carbocycles. The van der Waals surface area contributed by atoms with Gasteiger partial charge in [0, 0.05) is 0 Å². The van der Waals surface area contributed by atoms with Crippen LogP contribution in [-0.4, -0.2) is 54.7 Å². The van der Waals surface area contributed by atoms with E-state index in [2.05, 4.69) is 5.32 Å². The summed E-state index contributed by atoms with van der Waals surface area (Å²) in [5.41, 5.74) is 0. The molecule has 0 spiro atoms. The Bertz CT molecular complexity index is 211. The molecule has 2 heterocycles. The number of hydrogen-bond acceptors (Lipinski definition) is 5. The number of rotatable bonds is 2. The van der Waals surface area contributed by atoms with Crippen molar-refractivity contribution in [1.82, 2.24) is 10.4 Å². The predicted octanol–water partition coefficient (Wildman–Crippen LogP) is -1.30. The van der Waals surface area contributed by atoms with Gasteiger partial charge in [-0.05, 0) is 0 Å². The van der Waals surface area contributed by atoms with Crippen molar-refractivity contribution in [3.8, 4) is 0 Å². The third-order valence-electron chi connectivity index (χ3n) is 2.02. The second kappa shape index (κ2) is 3.49. The summed E-state index contributed by atoms with van der Waals surface area (Å²) in [7, 11) is 0. The van der Waals surface area contributed by atoms with E-state index in [9.17, 15) is 4.79 Å². The standard InChI is InChI=1S/C7H12N2O4/c10-5-2-9(12-4-5)3-6-1-8-7(11)13-6/h5-6,10H,1-4H2,(H,8,11)/t5-,6?/m0/s1. The highest BCUT2D eigenvalue weighted by Gasteiger charge is 2.29. The number of carbonyl (C=O) groups excluding carboxylic acids is 1. The molecule has 1 unspecified atom stereocenters. The van der Waals surface area contributed by atoms with Gasteiger partial charge in [-0.3, -0.25) is 4.84 Å². The number of alkyl carbamates (subject to hydrolysis) is 1. The molecule has 2 fully saturated rings. The van der Waals surface area contributed by atoms with Crippen LogP contribution in [0.5, 0.6) is 0 Å². The maximum atomic E-state index is 10.6. The summed E-state index contributed by atoms with van der Waals surface area (Å²) >= 11 is 0. The second-order valence-electron chi connectivity index (χ2n) is 3.20. The van der Waals surface area contributed by atoms with Crippen molar-refractivity contribution in [3.05, 3.63) is 0 Å². The first-order chi connectivity index (χ1) is 6.24. The van der Waals surface area contributed by atoms with E-state index in [1.807, 2.05) is 0 Å². The lowest BCUT2D eigenvalue weighted by atomic mass is 10.3. The molecule has 6 heteroatoms. The molecule has 1 amide bonds. The third-order valence-corrected chi connectivity index (χ3v) is 2.02. The first-order valence-electron chi connectivity index (χ1n) is 4.24. The Balaban J connectivity index is 1.75. The average molecular weight is 188 g/mol. The van der Waals surface area contributed by atoms with Crippen LogP contribution in [0, 0.1) is 0 Å². The van der Waals surface area contributed by atoms with Gasteiger partial charge in [0.2, 0.25) is 0 Å². The number of nitrogens with zero attached hydrogens (tertiary/aromatic N) is 1. The van der Waals surface area contributed by atoms with Crippen LogP contribution >= 0.6 is 0 Å². The lowest BCUT2D eigenvalue weighted by molar-refractivity contribution is -0.124. The summed E-state index contributed by atoms with van der Waals surface area (Å²) in [5, 5.41) is 13.3. The number of hydrogen-bond donors (Lipinski definition) is 2. The third kappa shape index (κ3) is 2.09. The highest BCUT2D eigenvalue weighted by atomic mass is 16.7. The molecule has 0 aromatic heterocycles. The average Bonchev–Trinajstić information content (AvgIpc) is 2.62. The van der Waals surface area contributed by atoms with Crippen LogP contribution in [0.2, 0.25) is 0 Å². The summed E-state index contributed by atoms with van der Waals surface area (Å²) in [5.74, 6) is 0. The SMILES string of the molecule is O=C1NCC(CN2C[C@H](O)CO2)O1. The van der Waals surface area contributed by atoms with E-state index in [4.69, 9.17) is 14.7 Å². The molecule has 0 radical (unpaired) electrons. The number of ether oxygens (including phenoxy) is 1. The lowest BCUT2D eigenvalue weighted by Gasteiger charge is -2.16. The van der Waals surface area contributed by atoms with Gasteiger partial charge in [0.15, 0.2) is 0 Å². The van der Waals surface area contributed by atoms with Gasteiger partial charge in [-0.2, -0.15) is 5.06 Å². The molecular formula is C7H12N2O4. The normalized spacial score (nSPS) is 34.7. The van der Waals surface area contributed by atoms with E-state index in [1.54, 1.807) is 5.06 Å². The Morgan fingerprint density at radius 1 is 1.69 bits per heavy atom. The van der Waals surface area contributed by atoms with E-state index < -0.39 is 6.10 Å². The van der Waals surface area contributed by atoms with Crippen LogP contribution in [0.25, 0.3) is 0 Å². The Hall–Kier alpha value is -0.850. The van der Waals surface area contributed by atoms with Crippen molar-refractivity contribution in [2.24, 2.45) is 0 Å². The Kier molecular flexibility index (Phi) is 2.34. The van der Waals surface area contributed by atoms with Gasteiger partial charge >= 0.3 is 6.09 Å². The number of hydroxylamine groups is 2. The fourth-order valence-corrected chi connectivity index (χ4v) is 1.42. The van der Waals surface area contributed by atoms with Crippen LogP contribution in [-0.2, 0) is 9.57 Å². The van der Waals surface area contributed by atoms with Gasteiger partial charge in [0.25, 0.3) is 0 Å². The summed E-state index contributed by atoms with van der Waals surface area (Å²) < 4.78 is 4.91. The Morgan fingerprint density at radius 2 is 2.54 bits per heavy atom. The minimum absolute atomic E-state index is 0.169. The van der Waals surface area contributed by atoms with Crippen molar-refractivity contribution in [2.75, 3.05) is 26.2 Å². The number of cyclic esters (lactones) is 1. The lowest BCUT2D eigenvalue weighted by Crippen LogP contribution is -2.32. The van der Waals surface area contributed by atoms with E-state index in [1.165, 1.54) is 0 Å². The van der Waals surface area contributed by atoms with Crippen molar-refractivity contribution >= 4 is 6.09 Å². The van der Waals surface area contributed by atoms with Crippen molar-refractivity contribution in [1.29, 1.82) is 0 Å². The molecule has 2 saturated heterocycles. The Morgan fingerprint density at radius 3 is 3.08 bits per heavy atom. The number of nitrogens with one attached hydrogen (secondary N) is 1. The summed E-state index contributed by atoms with van der Waals surface area (Å²) in [6.07, 6.45) is -0.979. The number of aliphatic hydroxyl groups excluding tert-OH is 1. The van der Waals surface area contributed by atoms with E-state index in [-0.39, 0.29) is 12.2 Å². The number of amides is 1. The fraction of sp³-hybridized carbons (Fsp3) is 0.857. The molecule has 0 bridgehead atoms. The summed E-state index contributed by atoms with van der Waals surface area (Å²) in [6.45, 7) is 1.83. The molecule has 2 aliphatic rings. The first-order valence-corrected chi connectivity index (χ1v) is 4.24. The van der Waals surface area contributed by atoms with Crippen LogP contribution in [0.15, 0.2) is 0 Å². The molecule has 13 heavy (non-hydrogen) atoms.